The predicted octanol–water partition coefficient (Wildman–Crippen LogP) is 4.07. The fourth-order valence-corrected chi connectivity index (χ4v) is 2.68. The second-order valence-electron chi connectivity index (χ2n) is 5.17. The molecule has 5 heteroatoms. The van der Waals surface area contributed by atoms with Gasteiger partial charge in [0.25, 0.3) is 0 Å². The Morgan fingerprint density at radius 3 is 2.38 bits per heavy atom. The summed E-state index contributed by atoms with van der Waals surface area (Å²) >= 11 is 5.18. The summed E-state index contributed by atoms with van der Waals surface area (Å²) in [6.45, 7) is 0.653. The van der Waals surface area contributed by atoms with Crippen molar-refractivity contribution in [1.29, 1.82) is 0 Å². The van der Waals surface area contributed by atoms with E-state index < -0.39 is 0 Å². The fourth-order valence-electron chi connectivity index (χ4n) is 2.47. The van der Waals surface area contributed by atoms with Crippen LogP contribution in [0.1, 0.15) is 5.56 Å². The summed E-state index contributed by atoms with van der Waals surface area (Å²) in [7, 11) is 0. The Balaban J connectivity index is 1.69. The fraction of sp³-hybridized carbons (Fsp3) is 0.105. The van der Waals surface area contributed by atoms with Gasteiger partial charge in [-0.25, -0.2) is 4.39 Å². The van der Waals surface area contributed by atoms with Crippen LogP contribution in [0.5, 0.6) is 11.5 Å². The van der Waals surface area contributed by atoms with Crippen LogP contribution >= 0.6 is 12.2 Å². The van der Waals surface area contributed by atoms with Crippen molar-refractivity contribution < 1.29 is 13.9 Å². The smallest absolute Gasteiger partial charge is 0.130 e. The second kappa shape index (κ2) is 7.27. The van der Waals surface area contributed by atoms with Crippen LogP contribution in [-0.2, 0) is 0 Å². The number of hydrogen-bond donors (Lipinski definition) is 1. The number of halogens is 1. The van der Waals surface area contributed by atoms with E-state index in [1.165, 1.54) is 12.1 Å². The van der Waals surface area contributed by atoms with Crippen LogP contribution in [0.2, 0.25) is 0 Å². The number of nitrogens with two attached hydrogens (primary N) is 1. The molecule has 3 aromatic carbocycles. The van der Waals surface area contributed by atoms with Gasteiger partial charge in [0.2, 0.25) is 0 Å². The van der Waals surface area contributed by atoms with Crippen LogP contribution in [-0.4, -0.2) is 18.2 Å². The van der Waals surface area contributed by atoms with Gasteiger partial charge in [-0.2, -0.15) is 0 Å². The summed E-state index contributed by atoms with van der Waals surface area (Å²) in [4.78, 5) is 0.293. The van der Waals surface area contributed by atoms with Crippen LogP contribution in [0, 0.1) is 5.82 Å². The quantitative estimate of drug-likeness (QED) is 0.542. The van der Waals surface area contributed by atoms with E-state index >= 15 is 0 Å². The Morgan fingerprint density at radius 2 is 1.62 bits per heavy atom. The molecule has 2 N–H and O–H groups in total. The highest BCUT2D eigenvalue weighted by atomic mass is 32.1. The molecule has 0 bridgehead atoms. The molecule has 24 heavy (non-hydrogen) atoms. The number of hydrogen-bond acceptors (Lipinski definition) is 3. The second-order valence-corrected chi connectivity index (χ2v) is 5.61. The molecule has 122 valence electrons. The molecule has 0 heterocycles. The van der Waals surface area contributed by atoms with Gasteiger partial charge in [0, 0.05) is 0 Å². The van der Waals surface area contributed by atoms with Gasteiger partial charge in [0.1, 0.15) is 35.5 Å². The molecule has 0 aliphatic rings. The van der Waals surface area contributed by atoms with Gasteiger partial charge in [-0.15, -0.1) is 0 Å². The zero-order valence-electron chi connectivity index (χ0n) is 12.9. The molecule has 0 aliphatic heterocycles. The minimum atomic E-state index is -0.295. The Bertz CT molecular complexity index is 865. The molecule has 0 atom stereocenters. The molecule has 0 amide bonds. The molecule has 3 aromatic rings. The van der Waals surface area contributed by atoms with E-state index in [0.29, 0.717) is 29.7 Å². The maximum absolute atomic E-state index is 12.8. The maximum Gasteiger partial charge on any atom is 0.130 e. The molecule has 3 rings (SSSR count). The molecule has 3 nitrogen and oxygen atoms in total. The molecular weight excluding hydrogens is 325 g/mol. The van der Waals surface area contributed by atoms with E-state index in [2.05, 4.69) is 0 Å². The van der Waals surface area contributed by atoms with Crippen molar-refractivity contribution in [1.82, 2.24) is 0 Å². The van der Waals surface area contributed by atoms with Crippen LogP contribution in [0.3, 0.4) is 0 Å². The lowest BCUT2D eigenvalue weighted by molar-refractivity contribution is 0.217. The lowest BCUT2D eigenvalue weighted by Gasteiger charge is -2.14. The molecule has 0 saturated carbocycles. The Kier molecular flexibility index (Phi) is 4.91. The van der Waals surface area contributed by atoms with Crippen molar-refractivity contribution in [3.05, 3.63) is 72.0 Å². The predicted molar refractivity (Wildman–Crippen MR) is 97.2 cm³/mol. The molecule has 0 fully saturated rings. The van der Waals surface area contributed by atoms with E-state index in [9.17, 15) is 4.39 Å². The summed E-state index contributed by atoms with van der Waals surface area (Å²) in [5, 5.41) is 2.01. The minimum absolute atomic E-state index is 0.293. The summed E-state index contributed by atoms with van der Waals surface area (Å²) in [6, 6.07) is 17.5. The third-order valence-electron chi connectivity index (χ3n) is 3.56. The Hall–Kier alpha value is -2.66. The topological polar surface area (TPSA) is 44.5 Å². The third kappa shape index (κ3) is 3.63. The first kappa shape index (κ1) is 16.2. The van der Waals surface area contributed by atoms with E-state index in [1.54, 1.807) is 12.1 Å². The van der Waals surface area contributed by atoms with Gasteiger partial charge < -0.3 is 15.2 Å². The highest BCUT2D eigenvalue weighted by Crippen LogP contribution is 2.28. The lowest BCUT2D eigenvalue weighted by atomic mass is 10.0. The Labute approximate surface area is 144 Å². The van der Waals surface area contributed by atoms with Crippen LogP contribution in [0.15, 0.2) is 60.7 Å². The van der Waals surface area contributed by atoms with E-state index in [4.69, 9.17) is 27.4 Å². The zero-order chi connectivity index (χ0) is 16.9. The summed E-state index contributed by atoms with van der Waals surface area (Å²) < 4.78 is 24.1. The van der Waals surface area contributed by atoms with Crippen molar-refractivity contribution in [2.24, 2.45) is 5.73 Å². The molecular formula is C19H16FNO2S. The normalized spacial score (nSPS) is 10.5. The SMILES string of the molecule is NC(=S)c1c(OCCOc2ccc(F)cc2)ccc2ccccc12. The van der Waals surface area contributed by atoms with Crippen molar-refractivity contribution in [2.75, 3.05) is 13.2 Å². The van der Waals surface area contributed by atoms with Gasteiger partial charge in [0.05, 0.1) is 5.56 Å². The third-order valence-corrected chi connectivity index (χ3v) is 3.76. The van der Waals surface area contributed by atoms with Gasteiger partial charge in [-0.1, -0.05) is 42.5 Å². The zero-order valence-corrected chi connectivity index (χ0v) is 13.7. The first-order valence-electron chi connectivity index (χ1n) is 7.48. The van der Waals surface area contributed by atoms with E-state index in [0.717, 1.165) is 16.3 Å². The van der Waals surface area contributed by atoms with Gasteiger partial charge in [-0.05, 0) is 41.1 Å². The number of benzene rings is 3. The average molecular weight is 341 g/mol. The highest BCUT2D eigenvalue weighted by Gasteiger charge is 2.11. The number of thiocarbonyl (C=S) groups is 1. The number of ether oxygens (including phenoxy) is 2. The molecule has 0 aliphatic carbocycles. The molecule has 0 aromatic heterocycles. The average Bonchev–Trinajstić information content (AvgIpc) is 2.59. The highest BCUT2D eigenvalue weighted by molar-refractivity contribution is 7.80. The van der Waals surface area contributed by atoms with Crippen LogP contribution in [0.4, 0.5) is 4.39 Å². The summed E-state index contributed by atoms with van der Waals surface area (Å²) in [5.41, 5.74) is 6.60. The number of fused-ring (bicyclic) bond motifs is 1. The van der Waals surface area contributed by atoms with Gasteiger partial charge >= 0.3 is 0 Å². The first-order valence-corrected chi connectivity index (χ1v) is 7.89. The van der Waals surface area contributed by atoms with E-state index in [1.807, 2.05) is 36.4 Å². The van der Waals surface area contributed by atoms with Crippen molar-refractivity contribution >= 4 is 28.0 Å². The van der Waals surface area contributed by atoms with E-state index in [-0.39, 0.29) is 5.82 Å². The van der Waals surface area contributed by atoms with Crippen molar-refractivity contribution in [3.8, 4) is 11.5 Å². The Morgan fingerprint density at radius 1 is 0.917 bits per heavy atom. The molecule has 0 saturated heterocycles. The maximum atomic E-state index is 12.8. The first-order chi connectivity index (χ1) is 11.6. The van der Waals surface area contributed by atoms with Crippen LogP contribution in [0.25, 0.3) is 10.8 Å². The molecule has 0 radical (unpaired) electrons. The largest absolute Gasteiger partial charge is 0.490 e. The summed E-state index contributed by atoms with van der Waals surface area (Å²) in [6.07, 6.45) is 0. The minimum Gasteiger partial charge on any atom is -0.490 e. The lowest BCUT2D eigenvalue weighted by Crippen LogP contribution is -2.15. The van der Waals surface area contributed by atoms with Gasteiger partial charge in [0.15, 0.2) is 0 Å². The van der Waals surface area contributed by atoms with Crippen LogP contribution < -0.4 is 15.2 Å². The van der Waals surface area contributed by atoms with Crippen molar-refractivity contribution in [3.63, 3.8) is 0 Å². The standard InChI is InChI=1S/C19H16FNO2S/c20-14-6-8-15(9-7-14)22-11-12-23-17-10-5-13-3-1-2-4-16(13)18(17)19(21)24/h1-10H,11-12H2,(H2,21,24). The molecule has 0 spiro atoms. The molecule has 0 unspecified atom stereocenters. The van der Waals surface area contributed by atoms with Crippen molar-refractivity contribution in [2.45, 2.75) is 0 Å². The van der Waals surface area contributed by atoms with Gasteiger partial charge in [-0.3, -0.25) is 0 Å². The summed E-state index contributed by atoms with van der Waals surface area (Å²) in [5.74, 6) is 0.924. The number of rotatable bonds is 6. The monoisotopic (exact) mass is 341 g/mol.